The van der Waals surface area contributed by atoms with E-state index in [4.69, 9.17) is 4.42 Å². The van der Waals surface area contributed by atoms with Crippen LogP contribution < -0.4 is 5.32 Å². The molecule has 1 unspecified atom stereocenters. The zero-order valence-corrected chi connectivity index (χ0v) is 11.8. The van der Waals surface area contributed by atoms with Crippen molar-refractivity contribution in [3.05, 3.63) is 23.2 Å². The maximum Gasteiger partial charge on any atom is 0.107 e. The summed E-state index contributed by atoms with van der Waals surface area (Å²) in [5.41, 5.74) is 0.210. The van der Waals surface area contributed by atoms with Crippen molar-refractivity contribution in [3.8, 4) is 0 Å². The van der Waals surface area contributed by atoms with Gasteiger partial charge in [-0.3, -0.25) is 0 Å². The highest BCUT2D eigenvalue weighted by Gasteiger charge is 2.27. The Balaban J connectivity index is 2.66. The van der Waals surface area contributed by atoms with E-state index < -0.39 is 5.60 Å². The van der Waals surface area contributed by atoms with Crippen LogP contribution in [0.15, 0.2) is 10.5 Å². The van der Waals surface area contributed by atoms with Gasteiger partial charge in [0.25, 0.3) is 0 Å². The van der Waals surface area contributed by atoms with Crippen molar-refractivity contribution in [2.24, 2.45) is 5.41 Å². The van der Waals surface area contributed by atoms with Gasteiger partial charge in [-0.1, -0.05) is 20.8 Å². The molecule has 1 aromatic rings. The topological polar surface area (TPSA) is 45.4 Å². The molecule has 0 fully saturated rings. The Morgan fingerprint density at radius 2 is 1.76 bits per heavy atom. The van der Waals surface area contributed by atoms with E-state index in [-0.39, 0.29) is 5.41 Å². The molecule has 0 spiro atoms. The molecule has 1 rings (SSSR count). The van der Waals surface area contributed by atoms with Crippen molar-refractivity contribution < 1.29 is 9.52 Å². The van der Waals surface area contributed by atoms with Crippen LogP contribution in [0.4, 0.5) is 0 Å². The smallest absolute Gasteiger partial charge is 0.107 e. The largest absolute Gasteiger partial charge is 0.466 e. The molecule has 0 saturated carbocycles. The van der Waals surface area contributed by atoms with E-state index in [0.29, 0.717) is 6.54 Å². The molecule has 1 atom stereocenters. The van der Waals surface area contributed by atoms with E-state index >= 15 is 0 Å². The van der Waals surface area contributed by atoms with Crippen LogP contribution in [0.5, 0.6) is 0 Å². The molecular formula is C14H25NO2. The third-order valence-electron chi connectivity index (χ3n) is 2.75. The molecule has 2 N–H and O–H groups in total. The fourth-order valence-electron chi connectivity index (χ4n) is 1.94. The average molecular weight is 239 g/mol. The minimum absolute atomic E-state index is 0.220. The molecule has 0 radical (unpaired) electrons. The van der Waals surface area contributed by atoms with E-state index in [2.05, 4.69) is 26.1 Å². The van der Waals surface area contributed by atoms with E-state index in [1.54, 1.807) is 0 Å². The first-order valence-corrected chi connectivity index (χ1v) is 6.12. The van der Waals surface area contributed by atoms with Gasteiger partial charge >= 0.3 is 0 Å². The van der Waals surface area contributed by atoms with E-state index in [1.807, 2.05) is 26.8 Å². The second kappa shape index (κ2) is 4.83. The first-order chi connectivity index (χ1) is 7.62. The third kappa shape index (κ3) is 4.17. The normalized spacial score (nSPS) is 15.9. The van der Waals surface area contributed by atoms with Crippen molar-refractivity contribution in [1.29, 1.82) is 0 Å². The lowest BCUT2D eigenvalue weighted by Gasteiger charge is -2.26. The Morgan fingerprint density at radius 1 is 1.18 bits per heavy atom. The van der Waals surface area contributed by atoms with E-state index in [0.717, 1.165) is 23.6 Å². The molecule has 0 amide bonds. The van der Waals surface area contributed by atoms with Gasteiger partial charge in [-0.25, -0.2) is 0 Å². The minimum atomic E-state index is -0.882. The van der Waals surface area contributed by atoms with Crippen molar-refractivity contribution >= 4 is 0 Å². The van der Waals surface area contributed by atoms with Gasteiger partial charge < -0.3 is 14.8 Å². The van der Waals surface area contributed by atoms with Crippen molar-refractivity contribution in [3.63, 3.8) is 0 Å². The zero-order valence-electron chi connectivity index (χ0n) is 11.8. The molecule has 0 bridgehead atoms. The summed E-state index contributed by atoms with van der Waals surface area (Å²) in [7, 11) is 0. The van der Waals surface area contributed by atoms with E-state index in [9.17, 15) is 5.11 Å². The summed E-state index contributed by atoms with van der Waals surface area (Å²) in [6.45, 7) is 13.5. The monoisotopic (exact) mass is 239 g/mol. The lowest BCUT2D eigenvalue weighted by molar-refractivity contribution is 0.0534. The lowest BCUT2D eigenvalue weighted by atomic mass is 9.94. The second-order valence-corrected chi connectivity index (χ2v) is 6.26. The van der Waals surface area contributed by atoms with Crippen LogP contribution in [0, 0.1) is 19.3 Å². The number of furan rings is 1. The highest BCUT2D eigenvalue weighted by atomic mass is 16.3. The zero-order chi connectivity index (χ0) is 13.3. The van der Waals surface area contributed by atoms with E-state index in [1.165, 1.54) is 0 Å². The second-order valence-electron chi connectivity index (χ2n) is 6.26. The summed E-state index contributed by atoms with van der Waals surface area (Å²) in [5, 5.41) is 13.8. The summed E-state index contributed by atoms with van der Waals surface area (Å²) in [4.78, 5) is 0. The maximum absolute atomic E-state index is 10.5. The minimum Gasteiger partial charge on any atom is -0.466 e. The molecule has 0 aliphatic heterocycles. The maximum atomic E-state index is 10.5. The van der Waals surface area contributed by atoms with Gasteiger partial charge in [0.05, 0.1) is 0 Å². The Kier molecular flexibility index (Phi) is 4.05. The number of rotatable bonds is 4. The standard InChI is InChI=1S/C14H25NO2/c1-10-7-12(11(2)17-10)14(6,16)9-15-8-13(3,4)5/h7,15-16H,8-9H2,1-6H3. The van der Waals surface area contributed by atoms with Crippen LogP contribution in [0.3, 0.4) is 0 Å². The summed E-state index contributed by atoms with van der Waals surface area (Å²) >= 11 is 0. The van der Waals surface area contributed by atoms with Gasteiger partial charge in [0, 0.05) is 18.7 Å². The first kappa shape index (κ1) is 14.3. The molecule has 1 heterocycles. The van der Waals surface area contributed by atoms with Crippen LogP contribution >= 0.6 is 0 Å². The molecule has 0 saturated heterocycles. The predicted molar refractivity (Wildman–Crippen MR) is 70.1 cm³/mol. The molecular weight excluding hydrogens is 214 g/mol. The van der Waals surface area contributed by atoms with Crippen molar-refractivity contribution in [2.75, 3.05) is 13.1 Å². The molecule has 1 aromatic heterocycles. The van der Waals surface area contributed by atoms with Crippen molar-refractivity contribution in [2.45, 2.75) is 47.1 Å². The quantitative estimate of drug-likeness (QED) is 0.849. The number of hydrogen-bond acceptors (Lipinski definition) is 3. The SMILES string of the molecule is Cc1cc(C(C)(O)CNCC(C)(C)C)c(C)o1. The third-order valence-corrected chi connectivity index (χ3v) is 2.75. The molecule has 0 aliphatic rings. The molecule has 0 aliphatic carbocycles. The summed E-state index contributed by atoms with van der Waals surface area (Å²) < 4.78 is 5.46. The Hall–Kier alpha value is -0.800. The van der Waals surface area contributed by atoms with Gasteiger partial charge in [0.15, 0.2) is 0 Å². The molecule has 98 valence electrons. The fourth-order valence-corrected chi connectivity index (χ4v) is 1.94. The van der Waals surface area contributed by atoms with Crippen molar-refractivity contribution in [1.82, 2.24) is 5.32 Å². The van der Waals surface area contributed by atoms with Gasteiger partial charge in [-0.05, 0) is 32.3 Å². The highest BCUT2D eigenvalue weighted by molar-refractivity contribution is 5.26. The first-order valence-electron chi connectivity index (χ1n) is 6.12. The number of aliphatic hydroxyl groups is 1. The summed E-state index contributed by atoms with van der Waals surface area (Å²) in [5.74, 6) is 1.64. The Morgan fingerprint density at radius 3 is 2.18 bits per heavy atom. The van der Waals surface area contributed by atoms with Crippen LogP contribution in [-0.2, 0) is 5.60 Å². The van der Waals surface area contributed by atoms with Gasteiger partial charge in [0.1, 0.15) is 17.1 Å². The van der Waals surface area contributed by atoms with Crippen LogP contribution in [0.2, 0.25) is 0 Å². The molecule has 17 heavy (non-hydrogen) atoms. The van der Waals surface area contributed by atoms with Gasteiger partial charge in [-0.15, -0.1) is 0 Å². The summed E-state index contributed by atoms with van der Waals surface area (Å²) in [6, 6.07) is 1.91. The number of aryl methyl sites for hydroxylation is 2. The average Bonchev–Trinajstić information content (AvgIpc) is 2.43. The van der Waals surface area contributed by atoms with Gasteiger partial charge in [0.2, 0.25) is 0 Å². The fraction of sp³-hybridized carbons (Fsp3) is 0.714. The van der Waals surface area contributed by atoms with Crippen LogP contribution in [0.1, 0.15) is 44.8 Å². The van der Waals surface area contributed by atoms with Crippen LogP contribution in [0.25, 0.3) is 0 Å². The van der Waals surface area contributed by atoms with Crippen LogP contribution in [-0.4, -0.2) is 18.2 Å². The number of hydrogen-bond donors (Lipinski definition) is 2. The molecule has 3 nitrogen and oxygen atoms in total. The molecule has 0 aromatic carbocycles. The highest BCUT2D eigenvalue weighted by Crippen LogP contribution is 2.26. The summed E-state index contributed by atoms with van der Waals surface area (Å²) in [6.07, 6.45) is 0. The van der Waals surface area contributed by atoms with Gasteiger partial charge in [-0.2, -0.15) is 0 Å². The lowest BCUT2D eigenvalue weighted by Crippen LogP contribution is -2.39. The Labute approximate surface area is 104 Å². The molecule has 3 heteroatoms. The predicted octanol–water partition coefficient (Wildman–Crippen LogP) is 2.74. The number of nitrogens with one attached hydrogen (secondary N) is 1. The Bertz CT molecular complexity index is 372.